The summed E-state index contributed by atoms with van der Waals surface area (Å²) in [7, 11) is -3.52. The topological polar surface area (TPSA) is 59.0 Å². The molecule has 150 valence electrons. The van der Waals surface area contributed by atoms with Gasteiger partial charge in [0.2, 0.25) is 0 Å². The minimum absolute atomic E-state index is 0.0160. The van der Waals surface area contributed by atoms with Gasteiger partial charge in [0.05, 0.1) is 20.8 Å². The number of allylic oxidation sites excluding steroid dienone is 2. The third-order valence-electron chi connectivity index (χ3n) is 4.39. The summed E-state index contributed by atoms with van der Waals surface area (Å²) in [6, 6.07) is 12.2. The van der Waals surface area contributed by atoms with Gasteiger partial charge in [-0.3, -0.25) is 0 Å². The van der Waals surface area contributed by atoms with E-state index in [4.69, 9.17) is 39.5 Å². The molecule has 0 saturated heterocycles. The van der Waals surface area contributed by atoms with Crippen LogP contribution in [0.2, 0.25) is 10.0 Å². The molecule has 0 bridgehead atoms. The van der Waals surface area contributed by atoms with E-state index in [0.717, 1.165) is 5.56 Å². The summed E-state index contributed by atoms with van der Waals surface area (Å²) in [6.45, 7) is 0.532. The first-order valence-corrected chi connectivity index (χ1v) is 11.5. The standard InChI is InChI=1S/C20H15Cl3N2O3S/c21-14-10-17(20-24-29(26,27)9-1-8-25(20)12-14)13-2-4-15(5-3-13)28-16-6-7-18(22)19(23)11-16/h2-7,10-12H,1,8-9H2. The number of amidine groups is 1. The van der Waals surface area contributed by atoms with Crippen LogP contribution in [0.25, 0.3) is 5.57 Å². The summed E-state index contributed by atoms with van der Waals surface area (Å²) in [4.78, 5) is 1.78. The second-order valence-corrected chi connectivity index (χ2v) is 9.53. The van der Waals surface area contributed by atoms with Crippen molar-refractivity contribution >= 4 is 56.2 Å². The van der Waals surface area contributed by atoms with Gasteiger partial charge in [0, 0.05) is 24.4 Å². The number of benzene rings is 2. The van der Waals surface area contributed by atoms with Crippen LogP contribution in [0.1, 0.15) is 12.0 Å². The van der Waals surface area contributed by atoms with E-state index in [-0.39, 0.29) is 5.75 Å². The highest BCUT2D eigenvalue weighted by atomic mass is 35.5. The molecule has 0 N–H and O–H groups in total. The maximum atomic E-state index is 12.2. The Labute approximate surface area is 183 Å². The van der Waals surface area contributed by atoms with Crippen molar-refractivity contribution in [3.8, 4) is 11.5 Å². The first-order chi connectivity index (χ1) is 13.8. The fourth-order valence-electron chi connectivity index (χ4n) is 3.06. The second kappa shape index (κ2) is 8.03. The zero-order valence-corrected chi connectivity index (χ0v) is 18.1. The van der Waals surface area contributed by atoms with E-state index in [1.807, 2.05) is 12.1 Å². The van der Waals surface area contributed by atoms with Crippen molar-refractivity contribution in [2.45, 2.75) is 6.42 Å². The minimum Gasteiger partial charge on any atom is -0.457 e. The molecule has 2 aliphatic rings. The van der Waals surface area contributed by atoms with Crippen molar-refractivity contribution in [3.63, 3.8) is 0 Å². The molecule has 0 atom stereocenters. The molecule has 2 aromatic carbocycles. The predicted octanol–water partition coefficient (Wildman–Crippen LogP) is 5.70. The number of rotatable bonds is 3. The van der Waals surface area contributed by atoms with Crippen LogP contribution in [0.3, 0.4) is 0 Å². The Morgan fingerprint density at radius 3 is 2.41 bits per heavy atom. The SMILES string of the molecule is O=S1(=O)CCCN2C=C(Cl)C=C(c3ccc(Oc4ccc(Cl)c(Cl)c4)cc3)C2=N1. The average molecular weight is 470 g/mol. The van der Waals surface area contributed by atoms with Crippen molar-refractivity contribution in [3.05, 3.63) is 75.4 Å². The normalized spacial score (nSPS) is 18.2. The molecule has 0 amide bonds. The van der Waals surface area contributed by atoms with Crippen LogP contribution in [-0.4, -0.2) is 31.5 Å². The van der Waals surface area contributed by atoms with Crippen molar-refractivity contribution in [2.24, 2.45) is 4.40 Å². The number of sulfonamides is 1. The Hall–Kier alpha value is -1.99. The second-order valence-electron chi connectivity index (χ2n) is 6.52. The van der Waals surface area contributed by atoms with E-state index in [1.54, 1.807) is 47.5 Å². The summed E-state index contributed by atoms with van der Waals surface area (Å²) in [5.41, 5.74) is 1.42. The van der Waals surface area contributed by atoms with Crippen LogP contribution >= 0.6 is 34.8 Å². The van der Waals surface area contributed by atoms with Crippen molar-refractivity contribution in [1.82, 2.24) is 4.90 Å². The van der Waals surface area contributed by atoms with Gasteiger partial charge in [0.15, 0.2) is 5.84 Å². The maximum Gasteiger partial charge on any atom is 0.255 e. The van der Waals surface area contributed by atoms with Crippen LogP contribution in [0.4, 0.5) is 0 Å². The highest BCUT2D eigenvalue weighted by molar-refractivity contribution is 7.90. The molecule has 0 saturated carbocycles. The molecule has 29 heavy (non-hydrogen) atoms. The first-order valence-electron chi connectivity index (χ1n) is 8.73. The molecule has 9 heteroatoms. The first kappa shape index (κ1) is 20.3. The van der Waals surface area contributed by atoms with Gasteiger partial charge < -0.3 is 9.64 Å². The Morgan fingerprint density at radius 1 is 0.966 bits per heavy atom. The number of halogens is 3. The van der Waals surface area contributed by atoms with Crippen molar-refractivity contribution < 1.29 is 13.2 Å². The van der Waals surface area contributed by atoms with Crippen LogP contribution in [0.5, 0.6) is 11.5 Å². The molecule has 0 aromatic heterocycles. The molecule has 0 unspecified atom stereocenters. The van der Waals surface area contributed by atoms with Gasteiger partial charge in [-0.15, -0.1) is 4.40 Å². The Morgan fingerprint density at radius 2 is 1.69 bits per heavy atom. The van der Waals surface area contributed by atoms with E-state index in [2.05, 4.69) is 4.40 Å². The van der Waals surface area contributed by atoms with Crippen LogP contribution < -0.4 is 4.74 Å². The lowest BCUT2D eigenvalue weighted by atomic mass is 10.0. The van der Waals surface area contributed by atoms with Crippen LogP contribution in [-0.2, 0) is 10.0 Å². The van der Waals surface area contributed by atoms with Gasteiger partial charge >= 0.3 is 0 Å². The third kappa shape index (κ3) is 4.61. The minimum atomic E-state index is -3.52. The molecule has 4 rings (SSSR count). The largest absolute Gasteiger partial charge is 0.457 e. The number of hydrogen-bond acceptors (Lipinski definition) is 4. The molecule has 5 nitrogen and oxygen atoms in total. The number of nitrogens with zero attached hydrogens (tertiary/aromatic N) is 2. The Bertz CT molecular complexity index is 1160. The molecule has 0 fully saturated rings. The number of ether oxygens (including phenoxy) is 1. The highest BCUT2D eigenvalue weighted by Gasteiger charge is 2.26. The molecular weight excluding hydrogens is 455 g/mol. The quantitative estimate of drug-likeness (QED) is 0.579. The lowest BCUT2D eigenvalue weighted by Gasteiger charge is -2.26. The van der Waals surface area contributed by atoms with Gasteiger partial charge in [-0.25, -0.2) is 8.42 Å². The number of fused-ring (bicyclic) bond motifs is 1. The summed E-state index contributed by atoms with van der Waals surface area (Å²) in [5, 5.41) is 1.36. The lowest BCUT2D eigenvalue weighted by molar-refractivity contribution is 0.482. The molecule has 0 spiro atoms. The van der Waals surface area contributed by atoms with Crippen LogP contribution in [0, 0.1) is 0 Å². The van der Waals surface area contributed by atoms with E-state index < -0.39 is 10.0 Å². The Kier molecular flexibility index (Phi) is 5.62. The van der Waals surface area contributed by atoms with E-state index in [9.17, 15) is 8.42 Å². The molecule has 0 aliphatic carbocycles. The fourth-order valence-corrected chi connectivity index (χ4v) is 4.63. The lowest BCUT2D eigenvalue weighted by Crippen LogP contribution is -2.29. The molecule has 2 aromatic rings. The van der Waals surface area contributed by atoms with Gasteiger partial charge in [-0.1, -0.05) is 46.9 Å². The summed E-state index contributed by atoms with van der Waals surface area (Å²) in [6.07, 6.45) is 3.90. The van der Waals surface area contributed by atoms with Crippen molar-refractivity contribution in [2.75, 3.05) is 12.3 Å². The monoisotopic (exact) mass is 468 g/mol. The van der Waals surface area contributed by atoms with E-state index >= 15 is 0 Å². The molecule has 2 aliphatic heterocycles. The highest BCUT2D eigenvalue weighted by Crippen LogP contribution is 2.32. The molecular formula is C20H15Cl3N2O3S. The van der Waals surface area contributed by atoms with Gasteiger partial charge in [-0.05, 0) is 42.3 Å². The molecule has 0 radical (unpaired) electrons. The van der Waals surface area contributed by atoms with Gasteiger partial charge in [0.1, 0.15) is 11.5 Å². The van der Waals surface area contributed by atoms with Crippen LogP contribution in [0.15, 0.2) is 64.2 Å². The van der Waals surface area contributed by atoms with Crippen molar-refractivity contribution in [1.29, 1.82) is 0 Å². The average Bonchev–Trinajstić information content (AvgIpc) is 2.82. The van der Waals surface area contributed by atoms with Gasteiger partial charge in [0.25, 0.3) is 10.0 Å². The van der Waals surface area contributed by atoms with E-state index in [0.29, 0.717) is 51.0 Å². The maximum absolute atomic E-state index is 12.2. The third-order valence-corrected chi connectivity index (χ3v) is 6.59. The Balaban J connectivity index is 1.64. The smallest absolute Gasteiger partial charge is 0.255 e. The predicted molar refractivity (Wildman–Crippen MR) is 117 cm³/mol. The summed E-state index contributed by atoms with van der Waals surface area (Å²) >= 11 is 18.2. The zero-order chi connectivity index (χ0) is 20.6. The number of hydrogen-bond donors (Lipinski definition) is 0. The van der Waals surface area contributed by atoms with Gasteiger partial charge in [-0.2, -0.15) is 0 Å². The summed E-state index contributed by atoms with van der Waals surface area (Å²) < 4.78 is 34.1. The fraction of sp³-hybridized carbons (Fsp3) is 0.150. The van der Waals surface area contributed by atoms with E-state index in [1.165, 1.54) is 0 Å². The zero-order valence-electron chi connectivity index (χ0n) is 15.0. The summed E-state index contributed by atoms with van der Waals surface area (Å²) in [5.74, 6) is 1.55. The molecule has 2 heterocycles.